The lowest BCUT2D eigenvalue weighted by atomic mass is 9.96. The maximum absolute atomic E-state index is 5.70. The summed E-state index contributed by atoms with van der Waals surface area (Å²) < 4.78 is 2.37. The first-order chi connectivity index (χ1) is 11.9. The van der Waals surface area contributed by atoms with Crippen molar-refractivity contribution in [1.29, 1.82) is 0 Å². The van der Waals surface area contributed by atoms with Gasteiger partial charge in [0, 0.05) is 30.7 Å². The molecule has 25 heavy (non-hydrogen) atoms. The highest BCUT2D eigenvalue weighted by Gasteiger charge is 2.41. The summed E-state index contributed by atoms with van der Waals surface area (Å²) in [7, 11) is 0. The van der Waals surface area contributed by atoms with E-state index in [1.165, 1.54) is 17.0 Å². The topological polar surface area (TPSA) is 33.1 Å². The minimum absolute atomic E-state index is 0.0817. The van der Waals surface area contributed by atoms with Gasteiger partial charge < -0.3 is 14.8 Å². The van der Waals surface area contributed by atoms with Gasteiger partial charge >= 0.3 is 0 Å². The molecule has 0 radical (unpaired) electrons. The van der Waals surface area contributed by atoms with Gasteiger partial charge in [0.1, 0.15) is 0 Å². The van der Waals surface area contributed by atoms with E-state index >= 15 is 0 Å². The zero-order valence-electron chi connectivity index (χ0n) is 15.8. The third kappa shape index (κ3) is 3.30. The highest BCUT2D eigenvalue weighted by Crippen LogP contribution is 2.41. The minimum atomic E-state index is 0.0817. The van der Waals surface area contributed by atoms with Crippen LogP contribution in [-0.2, 0) is 6.54 Å². The van der Waals surface area contributed by atoms with Gasteiger partial charge in [0.05, 0.1) is 17.8 Å². The number of hydrogen-bond donors (Lipinski definition) is 1. The third-order valence-electron chi connectivity index (χ3n) is 5.01. The van der Waals surface area contributed by atoms with Crippen molar-refractivity contribution in [2.45, 2.75) is 53.2 Å². The summed E-state index contributed by atoms with van der Waals surface area (Å²) in [6, 6.07) is 8.67. The molecule has 1 aliphatic rings. The Bertz CT molecular complexity index is 751. The first-order valence-corrected chi connectivity index (χ1v) is 9.49. The molecule has 5 heteroatoms. The maximum atomic E-state index is 5.70. The molecule has 2 aromatic rings. The number of thiocarbonyl (C=S) groups is 1. The summed E-state index contributed by atoms with van der Waals surface area (Å²) in [4.78, 5) is 6.96. The second-order valence-electron chi connectivity index (χ2n) is 7.24. The zero-order valence-corrected chi connectivity index (χ0v) is 16.6. The summed E-state index contributed by atoms with van der Waals surface area (Å²) in [6.45, 7) is 13.0. The largest absolute Gasteiger partial charge is 0.352 e. The average molecular weight is 357 g/mol. The number of aromatic nitrogens is 2. The normalized spacial score (nSPS) is 20.4. The highest BCUT2D eigenvalue weighted by molar-refractivity contribution is 7.80. The molecular weight excluding hydrogens is 328 g/mol. The van der Waals surface area contributed by atoms with E-state index in [0.29, 0.717) is 5.92 Å². The Balaban J connectivity index is 2.09. The van der Waals surface area contributed by atoms with E-state index in [1.807, 2.05) is 18.3 Å². The van der Waals surface area contributed by atoms with Gasteiger partial charge in [-0.15, -0.1) is 0 Å². The van der Waals surface area contributed by atoms with Gasteiger partial charge in [-0.2, -0.15) is 0 Å². The Morgan fingerprint density at radius 2 is 2.04 bits per heavy atom. The summed E-state index contributed by atoms with van der Waals surface area (Å²) in [5.74, 6) is 0.541. The molecule has 1 aliphatic heterocycles. The maximum Gasteiger partial charge on any atom is 0.170 e. The second-order valence-corrected chi connectivity index (χ2v) is 7.63. The molecule has 0 aromatic carbocycles. The number of nitrogens with zero attached hydrogens (tertiary/aromatic N) is 3. The number of aryl methyl sites for hydroxylation is 1. The predicted octanol–water partition coefficient (Wildman–Crippen LogP) is 4.15. The molecule has 2 unspecified atom stereocenters. The number of nitrogens with one attached hydrogen (secondary N) is 1. The van der Waals surface area contributed by atoms with Crippen LogP contribution in [0.5, 0.6) is 0 Å². The van der Waals surface area contributed by atoms with Crippen LogP contribution in [0.15, 0.2) is 30.5 Å². The summed E-state index contributed by atoms with van der Waals surface area (Å²) in [5.41, 5.74) is 5.02. The van der Waals surface area contributed by atoms with E-state index in [-0.39, 0.29) is 12.1 Å². The van der Waals surface area contributed by atoms with Crippen LogP contribution in [0.2, 0.25) is 0 Å². The Hall–Kier alpha value is -1.88. The molecule has 134 valence electrons. The monoisotopic (exact) mass is 356 g/mol. The van der Waals surface area contributed by atoms with Crippen molar-refractivity contribution in [3.05, 3.63) is 53.1 Å². The molecule has 0 saturated carbocycles. The van der Waals surface area contributed by atoms with Crippen LogP contribution in [0.25, 0.3) is 0 Å². The van der Waals surface area contributed by atoms with Crippen LogP contribution < -0.4 is 5.32 Å². The quantitative estimate of drug-likeness (QED) is 0.816. The standard InChI is InChI=1S/C20H28N4S/c1-6-23-14(4)11-16(15(23)5)19-18(17-9-7-8-10-21-17)22-20(25)24(19)12-13(2)3/h7-11,13,18-19H,6,12H2,1-5H3,(H,22,25). The van der Waals surface area contributed by atoms with E-state index in [1.54, 1.807) is 0 Å². The van der Waals surface area contributed by atoms with Gasteiger partial charge in [0.25, 0.3) is 0 Å². The fourth-order valence-corrected chi connectivity index (χ4v) is 4.26. The fourth-order valence-electron chi connectivity index (χ4n) is 3.95. The Kier molecular flexibility index (Phi) is 5.13. The number of pyridine rings is 1. The summed E-state index contributed by atoms with van der Waals surface area (Å²) in [5, 5.41) is 4.36. The highest BCUT2D eigenvalue weighted by atomic mass is 32.1. The van der Waals surface area contributed by atoms with Crippen molar-refractivity contribution in [1.82, 2.24) is 19.8 Å². The second kappa shape index (κ2) is 7.16. The van der Waals surface area contributed by atoms with Crippen LogP contribution in [0.4, 0.5) is 0 Å². The molecule has 2 aromatic heterocycles. The predicted molar refractivity (Wildman–Crippen MR) is 107 cm³/mol. The Labute approximate surface area is 156 Å². The zero-order chi connectivity index (χ0) is 18.1. The molecule has 0 amide bonds. The van der Waals surface area contributed by atoms with Crippen molar-refractivity contribution in [2.75, 3.05) is 6.54 Å². The molecule has 1 N–H and O–H groups in total. The van der Waals surface area contributed by atoms with E-state index in [0.717, 1.165) is 23.9 Å². The Morgan fingerprint density at radius 3 is 2.60 bits per heavy atom. The lowest BCUT2D eigenvalue weighted by Crippen LogP contribution is -2.33. The van der Waals surface area contributed by atoms with Crippen molar-refractivity contribution in [3.63, 3.8) is 0 Å². The SMILES string of the molecule is CCn1c(C)cc(C2C(c3ccccn3)NC(=S)N2CC(C)C)c1C. The molecule has 0 bridgehead atoms. The van der Waals surface area contributed by atoms with Crippen molar-refractivity contribution in [2.24, 2.45) is 5.92 Å². The third-order valence-corrected chi connectivity index (χ3v) is 5.36. The van der Waals surface area contributed by atoms with E-state index in [4.69, 9.17) is 12.2 Å². The first kappa shape index (κ1) is 17.9. The first-order valence-electron chi connectivity index (χ1n) is 9.08. The van der Waals surface area contributed by atoms with Gasteiger partial charge in [0.15, 0.2) is 5.11 Å². The number of hydrogen-bond acceptors (Lipinski definition) is 2. The average Bonchev–Trinajstić information content (AvgIpc) is 3.04. The molecular formula is C20H28N4S. The van der Waals surface area contributed by atoms with Crippen molar-refractivity contribution >= 4 is 17.3 Å². The smallest absolute Gasteiger partial charge is 0.170 e. The van der Waals surface area contributed by atoms with E-state index < -0.39 is 0 Å². The summed E-state index contributed by atoms with van der Waals surface area (Å²) in [6.07, 6.45) is 1.86. The van der Waals surface area contributed by atoms with Gasteiger partial charge in [-0.1, -0.05) is 19.9 Å². The van der Waals surface area contributed by atoms with Gasteiger partial charge in [-0.25, -0.2) is 0 Å². The number of rotatable bonds is 5. The lowest BCUT2D eigenvalue weighted by Gasteiger charge is -2.29. The molecule has 3 rings (SSSR count). The minimum Gasteiger partial charge on any atom is -0.352 e. The molecule has 0 aliphatic carbocycles. The molecule has 2 atom stereocenters. The van der Waals surface area contributed by atoms with Crippen LogP contribution in [0, 0.1) is 19.8 Å². The van der Waals surface area contributed by atoms with E-state index in [2.05, 4.69) is 66.5 Å². The van der Waals surface area contributed by atoms with Crippen molar-refractivity contribution in [3.8, 4) is 0 Å². The Morgan fingerprint density at radius 1 is 1.28 bits per heavy atom. The van der Waals surface area contributed by atoms with Crippen LogP contribution in [0.3, 0.4) is 0 Å². The lowest BCUT2D eigenvalue weighted by molar-refractivity contribution is 0.286. The molecule has 1 fully saturated rings. The molecule has 4 nitrogen and oxygen atoms in total. The molecule has 1 saturated heterocycles. The van der Waals surface area contributed by atoms with E-state index in [9.17, 15) is 0 Å². The molecule has 0 spiro atoms. The van der Waals surface area contributed by atoms with Gasteiger partial charge in [-0.05, 0) is 62.7 Å². The van der Waals surface area contributed by atoms with Gasteiger partial charge in [-0.3, -0.25) is 4.98 Å². The van der Waals surface area contributed by atoms with Crippen LogP contribution >= 0.6 is 12.2 Å². The van der Waals surface area contributed by atoms with Crippen molar-refractivity contribution < 1.29 is 0 Å². The van der Waals surface area contributed by atoms with Crippen LogP contribution in [0.1, 0.15) is 55.5 Å². The fraction of sp³-hybridized carbons (Fsp3) is 0.500. The van der Waals surface area contributed by atoms with Gasteiger partial charge in [0.2, 0.25) is 0 Å². The molecule has 3 heterocycles. The summed E-state index contributed by atoms with van der Waals surface area (Å²) >= 11 is 5.70. The van der Waals surface area contributed by atoms with Crippen LogP contribution in [-0.4, -0.2) is 26.1 Å².